The molecule has 0 aliphatic rings. The van der Waals surface area contributed by atoms with Crippen LogP contribution in [0.4, 0.5) is 0 Å². The average Bonchev–Trinajstić information content (AvgIpc) is 3.45. The van der Waals surface area contributed by atoms with Gasteiger partial charge in [0, 0.05) is 19.3 Å². The molecule has 454 valence electrons. The molecule has 0 N–H and O–H groups in total. The highest BCUT2D eigenvalue weighted by molar-refractivity contribution is 5.71. The van der Waals surface area contributed by atoms with Crippen LogP contribution >= 0.6 is 0 Å². The molecule has 1 unspecified atom stereocenters. The Morgan fingerprint density at radius 3 is 0.835 bits per heavy atom. The molecule has 0 bridgehead atoms. The summed E-state index contributed by atoms with van der Waals surface area (Å²) in [5.41, 5.74) is 0. The lowest BCUT2D eigenvalue weighted by atomic mass is 10.0. The van der Waals surface area contributed by atoms with Crippen molar-refractivity contribution in [2.75, 3.05) is 13.2 Å². The first-order valence-corrected chi connectivity index (χ1v) is 33.7. The van der Waals surface area contributed by atoms with Crippen LogP contribution in [0.5, 0.6) is 0 Å². The Hall–Kier alpha value is -3.67. The van der Waals surface area contributed by atoms with Gasteiger partial charge in [0.1, 0.15) is 13.2 Å². The molecular formula is C73H126O6. The van der Waals surface area contributed by atoms with Crippen molar-refractivity contribution in [3.05, 3.63) is 97.2 Å². The van der Waals surface area contributed by atoms with Crippen LogP contribution in [0, 0.1) is 0 Å². The number of ether oxygens (including phenoxy) is 3. The highest BCUT2D eigenvalue weighted by atomic mass is 16.6. The van der Waals surface area contributed by atoms with E-state index in [4.69, 9.17) is 14.2 Å². The summed E-state index contributed by atoms with van der Waals surface area (Å²) in [6, 6.07) is 0. The molecule has 6 heteroatoms. The molecule has 0 spiro atoms. The fraction of sp³-hybridized carbons (Fsp3) is 0.740. The Balaban J connectivity index is 4.08. The molecule has 0 aromatic carbocycles. The van der Waals surface area contributed by atoms with E-state index in [0.29, 0.717) is 19.3 Å². The predicted octanol–water partition coefficient (Wildman–Crippen LogP) is 23.2. The van der Waals surface area contributed by atoms with E-state index in [1.807, 2.05) is 0 Å². The summed E-state index contributed by atoms with van der Waals surface area (Å²) in [6.07, 6.45) is 90.2. The molecule has 0 saturated carbocycles. The summed E-state index contributed by atoms with van der Waals surface area (Å²) in [5, 5.41) is 0. The summed E-state index contributed by atoms with van der Waals surface area (Å²) < 4.78 is 16.9. The van der Waals surface area contributed by atoms with Crippen LogP contribution in [0.25, 0.3) is 0 Å². The van der Waals surface area contributed by atoms with Crippen molar-refractivity contribution in [1.82, 2.24) is 0 Å². The highest BCUT2D eigenvalue weighted by Crippen LogP contribution is 2.17. The lowest BCUT2D eigenvalue weighted by Crippen LogP contribution is -2.30. The standard InChI is InChI=1S/C73H126O6/c1-4-7-10-13-16-19-22-25-26-27-28-29-30-31-32-33-34-35-36-37-38-39-40-41-42-43-44-45-46-49-51-54-57-60-63-66-72(75)78-69-70(79-73(76)67-64-61-58-55-52-48-24-21-18-15-12-9-6-3)68-77-71(74)65-62-59-56-53-50-47-23-20-17-14-11-8-5-2/h7,10,12,15-16,19-21,23-26,28-29,31-32,70H,4-6,8-9,11,13-14,17-18,22,27,30,33-69H2,1-3H3/b10-7-,15-12-,19-16-,23-20-,24-21-,26-25-,29-28-,32-31-. The smallest absolute Gasteiger partial charge is 0.306 e. The van der Waals surface area contributed by atoms with Crippen molar-refractivity contribution in [3.63, 3.8) is 0 Å². The molecule has 0 radical (unpaired) electrons. The number of carbonyl (C=O) groups is 3. The van der Waals surface area contributed by atoms with Crippen LogP contribution in [0.1, 0.15) is 329 Å². The van der Waals surface area contributed by atoms with E-state index in [0.717, 1.165) is 128 Å². The van der Waals surface area contributed by atoms with Crippen molar-refractivity contribution in [1.29, 1.82) is 0 Å². The minimum atomic E-state index is -0.786. The van der Waals surface area contributed by atoms with Gasteiger partial charge in [-0.15, -0.1) is 0 Å². The second kappa shape index (κ2) is 66.8. The zero-order valence-corrected chi connectivity index (χ0v) is 52.1. The van der Waals surface area contributed by atoms with Crippen LogP contribution in [0.15, 0.2) is 97.2 Å². The molecule has 6 nitrogen and oxygen atoms in total. The number of carbonyl (C=O) groups excluding carboxylic acids is 3. The molecule has 0 rings (SSSR count). The van der Waals surface area contributed by atoms with Crippen molar-refractivity contribution >= 4 is 17.9 Å². The Morgan fingerprint density at radius 1 is 0.266 bits per heavy atom. The summed E-state index contributed by atoms with van der Waals surface area (Å²) in [7, 11) is 0. The van der Waals surface area contributed by atoms with Crippen molar-refractivity contribution in [3.8, 4) is 0 Å². The van der Waals surface area contributed by atoms with Gasteiger partial charge in [0.15, 0.2) is 6.10 Å². The monoisotopic (exact) mass is 1100 g/mol. The van der Waals surface area contributed by atoms with Gasteiger partial charge in [0.2, 0.25) is 0 Å². The van der Waals surface area contributed by atoms with Crippen LogP contribution in [0.2, 0.25) is 0 Å². The van der Waals surface area contributed by atoms with E-state index >= 15 is 0 Å². The summed E-state index contributed by atoms with van der Waals surface area (Å²) in [4.78, 5) is 38.2. The Labute approximate surface area is 489 Å². The number of esters is 3. The molecule has 0 heterocycles. The molecule has 0 amide bonds. The molecule has 0 aromatic heterocycles. The first-order valence-electron chi connectivity index (χ1n) is 33.7. The van der Waals surface area contributed by atoms with Gasteiger partial charge in [-0.2, -0.15) is 0 Å². The Bertz CT molecular complexity index is 1540. The number of rotatable bonds is 61. The fourth-order valence-electron chi connectivity index (χ4n) is 9.50. The van der Waals surface area contributed by atoms with E-state index in [1.54, 1.807) is 0 Å². The zero-order valence-electron chi connectivity index (χ0n) is 52.1. The van der Waals surface area contributed by atoms with E-state index < -0.39 is 6.10 Å². The molecule has 0 aromatic rings. The number of hydrogen-bond acceptors (Lipinski definition) is 6. The van der Waals surface area contributed by atoms with Gasteiger partial charge in [-0.05, 0) is 116 Å². The SMILES string of the molecule is CC/C=C\C/C=C\C/C=C\C/C=C\C/C=C\CCCCCCCCCCCCCCCCCCCCCC(=O)OCC(COC(=O)CCCCCCC/C=C\CCCCCC)OC(=O)CCCCCCC/C=C\C/C=C\CCC. The van der Waals surface area contributed by atoms with Gasteiger partial charge in [0.05, 0.1) is 0 Å². The van der Waals surface area contributed by atoms with E-state index in [9.17, 15) is 14.4 Å². The zero-order chi connectivity index (χ0) is 57.1. The maximum atomic E-state index is 12.9. The average molecular weight is 1100 g/mol. The van der Waals surface area contributed by atoms with Crippen molar-refractivity contribution < 1.29 is 28.6 Å². The fourth-order valence-corrected chi connectivity index (χ4v) is 9.50. The molecule has 1 atom stereocenters. The molecule has 0 fully saturated rings. The van der Waals surface area contributed by atoms with Crippen LogP contribution < -0.4 is 0 Å². The maximum absolute atomic E-state index is 12.9. The molecule has 79 heavy (non-hydrogen) atoms. The minimum Gasteiger partial charge on any atom is -0.462 e. The van der Waals surface area contributed by atoms with Gasteiger partial charge >= 0.3 is 17.9 Å². The Kier molecular flexibility index (Phi) is 63.7. The lowest BCUT2D eigenvalue weighted by molar-refractivity contribution is -0.167. The number of allylic oxidation sites excluding steroid dienone is 16. The largest absolute Gasteiger partial charge is 0.462 e. The number of hydrogen-bond donors (Lipinski definition) is 0. The predicted molar refractivity (Wildman–Crippen MR) is 344 cm³/mol. The summed E-state index contributed by atoms with van der Waals surface area (Å²) in [5.74, 6) is -0.894. The quantitative estimate of drug-likeness (QED) is 0.0261. The summed E-state index contributed by atoms with van der Waals surface area (Å²) >= 11 is 0. The van der Waals surface area contributed by atoms with Crippen molar-refractivity contribution in [2.24, 2.45) is 0 Å². The maximum Gasteiger partial charge on any atom is 0.306 e. The van der Waals surface area contributed by atoms with Gasteiger partial charge in [0.25, 0.3) is 0 Å². The van der Waals surface area contributed by atoms with Gasteiger partial charge in [-0.25, -0.2) is 0 Å². The minimum absolute atomic E-state index is 0.0821. The second-order valence-corrected chi connectivity index (χ2v) is 22.3. The molecule has 0 saturated heterocycles. The Morgan fingerprint density at radius 2 is 0.519 bits per heavy atom. The summed E-state index contributed by atoms with van der Waals surface area (Å²) in [6.45, 7) is 6.45. The second-order valence-electron chi connectivity index (χ2n) is 22.3. The van der Waals surface area contributed by atoms with Gasteiger partial charge in [-0.1, -0.05) is 291 Å². The number of unbranched alkanes of at least 4 members (excludes halogenated alkanes) is 34. The van der Waals surface area contributed by atoms with E-state index in [2.05, 4.69) is 118 Å². The normalized spacial score (nSPS) is 12.7. The first-order chi connectivity index (χ1) is 39.0. The van der Waals surface area contributed by atoms with E-state index in [-0.39, 0.29) is 31.1 Å². The van der Waals surface area contributed by atoms with E-state index in [1.165, 1.54) is 161 Å². The van der Waals surface area contributed by atoms with Crippen LogP contribution in [0.3, 0.4) is 0 Å². The topological polar surface area (TPSA) is 78.9 Å². The molecule has 0 aliphatic carbocycles. The third kappa shape index (κ3) is 65.0. The third-order valence-electron chi connectivity index (χ3n) is 14.5. The van der Waals surface area contributed by atoms with Crippen LogP contribution in [-0.2, 0) is 28.6 Å². The molecular weight excluding hydrogens is 973 g/mol. The lowest BCUT2D eigenvalue weighted by Gasteiger charge is -2.18. The highest BCUT2D eigenvalue weighted by Gasteiger charge is 2.19. The van der Waals surface area contributed by atoms with Gasteiger partial charge in [-0.3, -0.25) is 14.4 Å². The third-order valence-corrected chi connectivity index (χ3v) is 14.5. The first kappa shape index (κ1) is 75.3. The molecule has 0 aliphatic heterocycles. The van der Waals surface area contributed by atoms with Crippen molar-refractivity contribution in [2.45, 2.75) is 335 Å². The van der Waals surface area contributed by atoms with Crippen LogP contribution in [-0.4, -0.2) is 37.2 Å². The van der Waals surface area contributed by atoms with Gasteiger partial charge < -0.3 is 14.2 Å².